The van der Waals surface area contributed by atoms with E-state index in [9.17, 15) is 4.79 Å². The van der Waals surface area contributed by atoms with Crippen molar-refractivity contribution in [2.45, 2.75) is 27.2 Å². The van der Waals surface area contributed by atoms with E-state index in [4.69, 9.17) is 16.3 Å². The number of methoxy groups -OCH3 is 1. The van der Waals surface area contributed by atoms with E-state index in [-0.39, 0.29) is 12.2 Å². The first-order valence-corrected chi connectivity index (χ1v) is 7.11. The van der Waals surface area contributed by atoms with Gasteiger partial charge in [0.2, 0.25) is 0 Å². The van der Waals surface area contributed by atoms with Gasteiger partial charge in [-0.05, 0) is 32.4 Å². The topological polar surface area (TPSA) is 39.2 Å². The second kappa shape index (κ2) is 6.27. The third-order valence-electron chi connectivity index (χ3n) is 3.65. The van der Waals surface area contributed by atoms with Crippen LogP contribution in [0.25, 0.3) is 0 Å². The van der Waals surface area contributed by atoms with E-state index < -0.39 is 0 Å². The number of benzene rings is 1. The molecule has 0 radical (unpaired) electrons. The number of Topliss-reactive ketones (excluding diaryl/α,β-unsaturated/α-hetero) is 1. The lowest BCUT2D eigenvalue weighted by atomic mass is 9.99. The van der Waals surface area contributed by atoms with Crippen molar-refractivity contribution in [3.63, 3.8) is 0 Å². The number of nitrogens with zero attached hydrogens (tertiary/aromatic N) is 1. The summed E-state index contributed by atoms with van der Waals surface area (Å²) in [4.78, 5) is 16.9. The molecule has 110 valence electrons. The fourth-order valence-corrected chi connectivity index (χ4v) is 2.58. The summed E-state index contributed by atoms with van der Waals surface area (Å²) in [5.41, 5.74) is 4.06. The van der Waals surface area contributed by atoms with Gasteiger partial charge in [-0.3, -0.25) is 9.78 Å². The Balaban J connectivity index is 2.34. The van der Waals surface area contributed by atoms with Crippen LogP contribution in [-0.4, -0.2) is 17.9 Å². The SMILES string of the molecule is COc1c(C)cnc(CC(=O)c2cccc(Cl)c2C)c1C. The Kier molecular flexibility index (Phi) is 4.63. The molecule has 0 spiro atoms. The summed E-state index contributed by atoms with van der Waals surface area (Å²) in [6.45, 7) is 5.71. The molecule has 0 atom stereocenters. The summed E-state index contributed by atoms with van der Waals surface area (Å²) in [6.07, 6.45) is 1.98. The minimum Gasteiger partial charge on any atom is -0.496 e. The fourth-order valence-electron chi connectivity index (χ4n) is 2.41. The predicted octanol–water partition coefficient (Wildman–Crippen LogP) is 4.09. The number of carbonyl (C=O) groups excluding carboxylic acids is 1. The van der Waals surface area contributed by atoms with Crippen LogP contribution in [0.2, 0.25) is 5.02 Å². The molecule has 1 aromatic carbocycles. The first-order chi connectivity index (χ1) is 9.95. The lowest BCUT2D eigenvalue weighted by Gasteiger charge is -2.12. The van der Waals surface area contributed by atoms with Crippen molar-refractivity contribution in [3.8, 4) is 5.75 Å². The number of ether oxygens (including phenoxy) is 1. The lowest BCUT2D eigenvalue weighted by Crippen LogP contribution is -2.09. The van der Waals surface area contributed by atoms with E-state index in [1.165, 1.54) is 0 Å². The highest BCUT2D eigenvalue weighted by molar-refractivity contribution is 6.31. The molecule has 3 nitrogen and oxygen atoms in total. The first kappa shape index (κ1) is 15.5. The van der Waals surface area contributed by atoms with Gasteiger partial charge in [-0.2, -0.15) is 0 Å². The van der Waals surface area contributed by atoms with Gasteiger partial charge in [0.25, 0.3) is 0 Å². The zero-order valence-electron chi connectivity index (χ0n) is 12.7. The second-order valence-corrected chi connectivity index (χ2v) is 5.47. The highest BCUT2D eigenvalue weighted by Crippen LogP contribution is 2.26. The third-order valence-corrected chi connectivity index (χ3v) is 4.06. The molecule has 0 fully saturated rings. The number of aryl methyl sites for hydroxylation is 1. The van der Waals surface area contributed by atoms with Crippen molar-refractivity contribution in [1.82, 2.24) is 4.98 Å². The number of ketones is 1. The largest absolute Gasteiger partial charge is 0.496 e. The van der Waals surface area contributed by atoms with E-state index >= 15 is 0 Å². The lowest BCUT2D eigenvalue weighted by molar-refractivity contribution is 0.0991. The monoisotopic (exact) mass is 303 g/mol. The molecule has 0 aliphatic rings. The van der Waals surface area contributed by atoms with E-state index in [1.807, 2.05) is 20.8 Å². The fraction of sp³-hybridized carbons (Fsp3) is 0.294. The summed E-state index contributed by atoms with van der Waals surface area (Å²) in [6, 6.07) is 5.37. The van der Waals surface area contributed by atoms with Crippen LogP contribution in [0.1, 0.15) is 32.7 Å². The highest BCUT2D eigenvalue weighted by atomic mass is 35.5. The molecular formula is C17H18ClNO2. The van der Waals surface area contributed by atoms with Crippen molar-refractivity contribution in [3.05, 3.63) is 57.4 Å². The molecule has 2 rings (SSSR count). The summed E-state index contributed by atoms with van der Waals surface area (Å²) >= 11 is 6.07. The molecule has 0 bridgehead atoms. The average molecular weight is 304 g/mol. The van der Waals surface area contributed by atoms with Gasteiger partial charge >= 0.3 is 0 Å². The number of hydrogen-bond donors (Lipinski definition) is 0. The Labute approximate surface area is 129 Å². The molecule has 0 unspecified atom stereocenters. The molecular weight excluding hydrogens is 286 g/mol. The van der Waals surface area contributed by atoms with Crippen LogP contribution in [0.4, 0.5) is 0 Å². The molecule has 1 aromatic heterocycles. The number of aromatic nitrogens is 1. The minimum absolute atomic E-state index is 0.0107. The molecule has 0 N–H and O–H groups in total. The molecule has 0 aliphatic heterocycles. The summed E-state index contributed by atoms with van der Waals surface area (Å²) < 4.78 is 5.37. The Bertz CT molecular complexity index is 695. The number of halogens is 1. The van der Waals surface area contributed by atoms with Crippen molar-refractivity contribution in [2.75, 3.05) is 7.11 Å². The van der Waals surface area contributed by atoms with Crippen LogP contribution >= 0.6 is 11.6 Å². The van der Waals surface area contributed by atoms with E-state index in [0.717, 1.165) is 28.1 Å². The number of carbonyl (C=O) groups is 1. The first-order valence-electron chi connectivity index (χ1n) is 6.73. The highest BCUT2D eigenvalue weighted by Gasteiger charge is 2.16. The summed E-state index contributed by atoms with van der Waals surface area (Å²) in [5, 5.41) is 0.604. The number of rotatable bonds is 4. The Hall–Kier alpha value is -1.87. The van der Waals surface area contributed by atoms with Gasteiger partial charge in [0.1, 0.15) is 5.75 Å². The third kappa shape index (κ3) is 3.08. The van der Waals surface area contributed by atoms with Crippen molar-refractivity contribution in [1.29, 1.82) is 0 Å². The predicted molar refractivity (Wildman–Crippen MR) is 84.5 cm³/mol. The Morgan fingerprint density at radius 3 is 2.62 bits per heavy atom. The van der Waals surface area contributed by atoms with Crippen molar-refractivity contribution >= 4 is 17.4 Å². The minimum atomic E-state index is 0.0107. The maximum Gasteiger partial charge on any atom is 0.169 e. The molecule has 0 aliphatic carbocycles. The smallest absolute Gasteiger partial charge is 0.169 e. The van der Waals surface area contributed by atoms with E-state index in [0.29, 0.717) is 10.6 Å². The molecule has 2 aromatic rings. The maximum absolute atomic E-state index is 12.5. The molecule has 21 heavy (non-hydrogen) atoms. The van der Waals surface area contributed by atoms with Gasteiger partial charge in [0.15, 0.2) is 5.78 Å². The standard InChI is InChI=1S/C17H18ClNO2/c1-10-9-19-15(12(3)17(10)21-4)8-16(20)13-6-5-7-14(18)11(13)2/h5-7,9H,8H2,1-4H3. The molecule has 0 saturated heterocycles. The normalized spacial score (nSPS) is 10.5. The molecule has 0 amide bonds. The molecule has 1 heterocycles. The van der Waals surface area contributed by atoms with E-state index in [2.05, 4.69) is 4.98 Å². The van der Waals surface area contributed by atoms with Crippen molar-refractivity contribution in [2.24, 2.45) is 0 Å². The van der Waals surface area contributed by atoms with Crippen LogP contribution in [0.3, 0.4) is 0 Å². The summed E-state index contributed by atoms with van der Waals surface area (Å²) in [7, 11) is 1.63. The van der Waals surface area contributed by atoms with Gasteiger partial charge in [0, 0.05) is 27.9 Å². The average Bonchev–Trinajstić information content (AvgIpc) is 2.45. The van der Waals surface area contributed by atoms with Crippen LogP contribution in [0.15, 0.2) is 24.4 Å². The Morgan fingerprint density at radius 1 is 1.24 bits per heavy atom. The van der Waals surface area contributed by atoms with Gasteiger partial charge in [-0.1, -0.05) is 23.7 Å². The van der Waals surface area contributed by atoms with Crippen LogP contribution in [0.5, 0.6) is 5.75 Å². The summed E-state index contributed by atoms with van der Waals surface area (Å²) in [5.74, 6) is 0.798. The van der Waals surface area contributed by atoms with Gasteiger partial charge in [0.05, 0.1) is 19.2 Å². The molecule has 4 heteroatoms. The number of hydrogen-bond acceptors (Lipinski definition) is 3. The molecule has 0 saturated carbocycles. The van der Waals surface area contributed by atoms with Crippen LogP contribution in [-0.2, 0) is 6.42 Å². The van der Waals surface area contributed by atoms with Gasteiger partial charge in [-0.15, -0.1) is 0 Å². The quantitative estimate of drug-likeness (QED) is 0.798. The zero-order chi connectivity index (χ0) is 15.6. The van der Waals surface area contributed by atoms with Crippen LogP contribution < -0.4 is 4.74 Å². The van der Waals surface area contributed by atoms with Crippen LogP contribution in [0, 0.1) is 20.8 Å². The van der Waals surface area contributed by atoms with Crippen molar-refractivity contribution < 1.29 is 9.53 Å². The zero-order valence-corrected chi connectivity index (χ0v) is 13.4. The van der Waals surface area contributed by atoms with E-state index in [1.54, 1.807) is 31.5 Å². The second-order valence-electron chi connectivity index (χ2n) is 5.06. The van der Waals surface area contributed by atoms with Gasteiger partial charge < -0.3 is 4.74 Å². The Morgan fingerprint density at radius 2 is 1.95 bits per heavy atom. The maximum atomic E-state index is 12.5. The van der Waals surface area contributed by atoms with Gasteiger partial charge in [-0.25, -0.2) is 0 Å². The number of pyridine rings is 1.